The highest BCUT2D eigenvalue weighted by Crippen LogP contribution is 2.50. The van der Waals surface area contributed by atoms with E-state index < -0.39 is 0 Å². The normalized spacial score (nSPS) is 11.7. The molecule has 3 nitrogen and oxygen atoms in total. The van der Waals surface area contributed by atoms with Gasteiger partial charge in [0.2, 0.25) is 0 Å². The highest BCUT2D eigenvalue weighted by atomic mass is 16.3. The van der Waals surface area contributed by atoms with E-state index in [4.69, 9.17) is 4.42 Å². The van der Waals surface area contributed by atoms with Gasteiger partial charge in [-0.25, -0.2) is 0 Å². The zero-order chi connectivity index (χ0) is 49.4. The SMILES string of the molecule is c1ccc(-c2ccc(N(c3ccc(-c4cccc(-c5cccc6ccccc56)c4)cc3)c3ccc(-c4cccc5c4c4ccccc4n5-c4cccc5ccccc45)c4ccccc34)c3c2oc2ccccc23)cc1. The Labute approximate surface area is 434 Å². The van der Waals surface area contributed by atoms with Crippen LogP contribution < -0.4 is 4.90 Å². The molecule has 0 N–H and O–H groups in total. The van der Waals surface area contributed by atoms with Crippen molar-refractivity contribution in [3.05, 3.63) is 279 Å². The highest BCUT2D eigenvalue weighted by Gasteiger charge is 2.25. The highest BCUT2D eigenvalue weighted by molar-refractivity contribution is 6.21. The molecular formula is C72H46N2O. The Hall–Kier alpha value is -9.96. The predicted octanol–water partition coefficient (Wildman–Crippen LogP) is 20.3. The van der Waals surface area contributed by atoms with Gasteiger partial charge in [0.15, 0.2) is 0 Å². The molecule has 75 heavy (non-hydrogen) atoms. The summed E-state index contributed by atoms with van der Waals surface area (Å²) >= 11 is 0. The van der Waals surface area contributed by atoms with Crippen molar-refractivity contribution in [2.45, 2.75) is 0 Å². The molecule has 0 aliphatic rings. The molecule has 0 spiro atoms. The lowest BCUT2D eigenvalue weighted by Crippen LogP contribution is -2.11. The standard InChI is InChI=1S/C72H46N2O/c1-2-18-50(19-3-1)57-42-45-68(71-63-31-11-13-37-69(63)75-72(57)71)73(53-40-38-47(39-41-53)51-24-14-25-52(46-51)55-32-15-22-48-20-4-6-26-54(48)55)66-44-43-59(58-28-8-9-29-60(58)66)61-33-17-36-67-70(61)62-30-10-12-34-65(62)74(67)64-35-16-23-49-21-5-7-27-56(49)64/h1-46H. The molecule has 0 atom stereocenters. The third kappa shape index (κ3) is 6.90. The van der Waals surface area contributed by atoms with Gasteiger partial charge in [-0.1, -0.05) is 218 Å². The topological polar surface area (TPSA) is 21.3 Å². The number of hydrogen-bond donors (Lipinski definition) is 0. The molecule has 2 aromatic heterocycles. The van der Waals surface area contributed by atoms with Crippen LogP contribution in [0, 0.1) is 0 Å². The first kappa shape index (κ1) is 42.7. The Bertz CT molecular complexity index is 4700. The summed E-state index contributed by atoms with van der Waals surface area (Å²) in [6.07, 6.45) is 0. The van der Waals surface area contributed by atoms with Crippen LogP contribution in [0.15, 0.2) is 283 Å². The van der Waals surface area contributed by atoms with E-state index in [2.05, 4.69) is 289 Å². The van der Waals surface area contributed by atoms with Crippen LogP contribution in [0.2, 0.25) is 0 Å². The summed E-state index contributed by atoms with van der Waals surface area (Å²) in [7, 11) is 0. The second kappa shape index (κ2) is 17.4. The van der Waals surface area contributed by atoms with Crippen LogP contribution in [0.25, 0.3) is 126 Å². The number of aromatic nitrogens is 1. The molecule has 0 radical (unpaired) electrons. The number of benzene rings is 13. The zero-order valence-electron chi connectivity index (χ0n) is 40.9. The molecular weight excluding hydrogens is 909 g/mol. The van der Waals surface area contributed by atoms with Crippen LogP contribution in [0.3, 0.4) is 0 Å². The van der Waals surface area contributed by atoms with Crippen molar-refractivity contribution in [3.63, 3.8) is 0 Å². The Morgan fingerprint density at radius 2 is 0.867 bits per heavy atom. The second-order valence-electron chi connectivity index (χ2n) is 19.5. The average Bonchev–Trinajstić information content (AvgIpc) is 4.11. The maximum atomic E-state index is 6.92. The van der Waals surface area contributed by atoms with Crippen LogP contribution in [0.4, 0.5) is 17.1 Å². The van der Waals surface area contributed by atoms with Gasteiger partial charge in [-0.3, -0.25) is 0 Å². The molecule has 3 heteroatoms. The molecule has 0 amide bonds. The van der Waals surface area contributed by atoms with Crippen molar-refractivity contribution < 1.29 is 4.42 Å². The van der Waals surface area contributed by atoms with E-state index in [0.29, 0.717) is 0 Å². The minimum Gasteiger partial charge on any atom is -0.455 e. The summed E-state index contributed by atoms with van der Waals surface area (Å²) < 4.78 is 9.38. The summed E-state index contributed by atoms with van der Waals surface area (Å²) in [6.45, 7) is 0. The van der Waals surface area contributed by atoms with Crippen molar-refractivity contribution in [1.82, 2.24) is 4.57 Å². The lowest BCUT2D eigenvalue weighted by atomic mass is 9.93. The van der Waals surface area contributed by atoms with E-state index in [1.807, 2.05) is 0 Å². The van der Waals surface area contributed by atoms with Crippen molar-refractivity contribution in [3.8, 4) is 50.2 Å². The van der Waals surface area contributed by atoms with E-state index in [1.165, 1.54) is 82.2 Å². The van der Waals surface area contributed by atoms with Crippen molar-refractivity contribution >= 4 is 93.1 Å². The summed E-state index contributed by atoms with van der Waals surface area (Å²) in [6, 6.07) is 101. The molecule has 0 saturated carbocycles. The Morgan fingerprint density at radius 3 is 1.71 bits per heavy atom. The number of rotatable bonds is 8. The van der Waals surface area contributed by atoms with Gasteiger partial charge in [-0.2, -0.15) is 0 Å². The smallest absolute Gasteiger partial charge is 0.145 e. The lowest BCUT2D eigenvalue weighted by Gasteiger charge is -2.29. The minimum absolute atomic E-state index is 0.856. The average molecular weight is 955 g/mol. The van der Waals surface area contributed by atoms with E-state index in [-0.39, 0.29) is 0 Å². The summed E-state index contributed by atoms with van der Waals surface area (Å²) in [5.41, 5.74) is 17.7. The molecule has 2 heterocycles. The third-order valence-corrected chi connectivity index (χ3v) is 15.4. The van der Waals surface area contributed by atoms with E-state index >= 15 is 0 Å². The van der Waals surface area contributed by atoms with E-state index in [1.54, 1.807) is 0 Å². The first-order chi connectivity index (χ1) is 37.2. The number of fused-ring (bicyclic) bond motifs is 9. The first-order valence-corrected chi connectivity index (χ1v) is 25.7. The minimum atomic E-state index is 0.856. The molecule has 0 aliphatic heterocycles. The molecule has 0 fully saturated rings. The quantitative estimate of drug-likeness (QED) is 0.151. The largest absolute Gasteiger partial charge is 0.455 e. The van der Waals surface area contributed by atoms with Gasteiger partial charge >= 0.3 is 0 Å². The summed E-state index contributed by atoms with van der Waals surface area (Å²) in [5.74, 6) is 0. The molecule has 0 aliphatic carbocycles. The Balaban J connectivity index is 0.942. The molecule has 15 rings (SSSR count). The number of anilines is 3. The van der Waals surface area contributed by atoms with Crippen LogP contribution >= 0.6 is 0 Å². The van der Waals surface area contributed by atoms with Gasteiger partial charge in [-0.15, -0.1) is 0 Å². The fourth-order valence-corrected chi connectivity index (χ4v) is 12.0. The molecule has 15 aromatic rings. The molecule has 13 aromatic carbocycles. The predicted molar refractivity (Wildman–Crippen MR) is 317 cm³/mol. The zero-order valence-corrected chi connectivity index (χ0v) is 40.9. The van der Waals surface area contributed by atoms with Gasteiger partial charge in [0.1, 0.15) is 11.2 Å². The van der Waals surface area contributed by atoms with Crippen LogP contribution in [-0.2, 0) is 0 Å². The van der Waals surface area contributed by atoms with Gasteiger partial charge in [0.25, 0.3) is 0 Å². The Kier molecular flexibility index (Phi) is 9.89. The van der Waals surface area contributed by atoms with Crippen LogP contribution in [-0.4, -0.2) is 4.57 Å². The third-order valence-electron chi connectivity index (χ3n) is 15.4. The number of furan rings is 1. The Morgan fingerprint density at radius 1 is 0.293 bits per heavy atom. The van der Waals surface area contributed by atoms with Gasteiger partial charge in [0, 0.05) is 38.2 Å². The molecule has 0 saturated heterocycles. The van der Waals surface area contributed by atoms with E-state index in [9.17, 15) is 0 Å². The number of nitrogens with zero attached hydrogens (tertiary/aromatic N) is 2. The van der Waals surface area contributed by atoms with Gasteiger partial charge in [0.05, 0.1) is 33.5 Å². The van der Waals surface area contributed by atoms with Crippen molar-refractivity contribution in [1.29, 1.82) is 0 Å². The fourth-order valence-electron chi connectivity index (χ4n) is 12.0. The maximum absolute atomic E-state index is 6.92. The number of hydrogen-bond acceptors (Lipinski definition) is 2. The monoisotopic (exact) mass is 954 g/mol. The van der Waals surface area contributed by atoms with Crippen LogP contribution in [0.1, 0.15) is 0 Å². The van der Waals surface area contributed by atoms with Crippen LogP contribution in [0.5, 0.6) is 0 Å². The summed E-state index contributed by atoms with van der Waals surface area (Å²) in [4.78, 5) is 2.45. The number of para-hydroxylation sites is 2. The molecule has 0 unspecified atom stereocenters. The van der Waals surface area contributed by atoms with Crippen molar-refractivity contribution in [2.24, 2.45) is 0 Å². The summed E-state index contributed by atoms with van der Waals surface area (Å²) in [5, 5.41) is 11.8. The molecule has 0 bridgehead atoms. The maximum Gasteiger partial charge on any atom is 0.145 e. The van der Waals surface area contributed by atoms with Gasteiger partial charge in [-0.05, 0) is 121 Å². The first-order valence-electron chi connectivity index (χ1n) is 25.7. The van der Waals surface area contributed by atoms with E-state index in [0.717, 1.165) is 61.1 Å². The van der Waals surface area contributed by atoms with Crippen molar-refractivity contribution in [2.75, 3.05) is 4.90 Å². The second-order valence-corrected chi connectivity index (χ2v) is 19.5. The fraction of sp³-hybridized carbons (Fsp3) is 0. The van der Waals surface area contributed by atoms with Gasteiger partial charge < -0.3 is 13.9 Å². The molecule has 350 valence electrons. The lowest BCUT2D eigenvalue weighted by molar-refractivity contribution is 0.670.